The van der Waals surface area contributed by atoms with Crippen LogP contribution in [0.4, 0.5) is 0 Å². The van der Waals surface area contributed by atoms with Gasteiger partial charge in [0.2, 0.25) is 0 Å². The Morgan fingerprint density at radius 2 is 2.17 bits per heavy atom. The maximum atomic E-state index is 9.49. The highest BCUT2D eigenvalue weighted by Crippen LogP contribution is 2.35. The summed E-state index contributed by atoms with van der Waals surface area (Å²) < 4.78 is 13.0. The number of benzene rings is 1. The molecule has 5 heteroatoms. The molecule has 130 valence electrons. The van der Waals surface area contributed by atoms with Crippen molar-refractivity contribution in [2.45, 2.75) is 38.3 Å². The van der Waals surface area contributed by atoms with Crippen molar-refractivity contribution in [3.05, 3.63) is 36.2 Å². The lowest BCUT2D eigenvalue weighted by Crippen LogP contribution is -2.21. The first kappa shape index (κ1) is 17.0. The van der Waals surface area contributed by atoms with Crippen molar-refractivity contribution in [2.75, 3.05) is 20.8 Å². The summed E-state index contributed by atoms with van der Waals surface area (Å²) in [4.78, 5) is 4.59. The zero-order chi connectivity index (χ0) is 16.9. The summed E-state index contributed by atoms with van der Waals surface area (Å²) in [6, 6.07) is 6.51. The van der Waals surface area contributed by atoms with E-state index < -0.39 is 0 Å². The SMILES string of the molecule is COCc1cc(-c2nccn2[C@@H]2CCC[C@H](CO)C2)ccc1OC. The molecule has 1 aliphatic carbocycles. The fourth-order valence-electron chi connectivity index (χ4n) is 3.70. The minimum Gasteiger partial charge on any atom is -0.496 e. The summed E-state index contributed by atoms with van der Waals surface area (Å²) in [6.07, 6.45) is 8.35. The molecule has 24 heavy (non-hydrogen) atoms. The number of nitrogens with zero attached hydrogens (tertiary/aromatic N) is 2. The minimum atomic E-state index is 0.279. The van der Waals surface area contributed by atoms with Crippen molar-refractivity contribution in [1.29, 1.82) is 0 Å². The van der Waals surface area contributed by atoms with Gasteiger partial charge in [0.15, 0.2) is 0 Å². The Bertz CT molecular complexity index is 668. The molecule has 1 aliphatic rings. The van der Waals surface area contributed by atoms with E-state index in [9.17, 15) is 5.11 Å². The van der Waals surface area contributed by atoms with Gasteiger partial charge in [-0.2, -0.15) is 0 Å². The first-order valence-corrected chi connectivity index (χ1v) is 8.56. The third-order valence-corrected chi connectivity index (χ3v) is 4.91. The van der Waals surface area contributed by atoms with Crippen LogP contribution in [-0.2, 0) is 11.3 Å². The molecule has 1 aromatic heterocycles. The zero-order valence-corrected chi connectivity index (χ0v) is 14.4. The van der Waals surface area contributed by atoms with Gasteiger partial charge in [0.25, 0.3) is 0 Å². The summed E-state index contributed by atoms with van der Waals surface area (Å²) in [6.45, 7) is 0.786. The Balaban J connectivity index is 1.91. The van der Waals surface area contributed by atoms with Gasteiger partial charge in [-0.1, -0.05) is 6.42 Å². The van der Waals surface area contributed by atoms with Crippen LogP contribution in [0.1, 0.15) is 37.3 Å². The van der Waals surface area contributed by atoms with Crippen LogP contribution in [0.15, 0.2) is 30.6 Å². The molecule has 0 unspecified atom stereocenters. The average molecular weight is 330 g/mol. The summed E-state index contributed by atoms with van der Waals surface area (Å²) in [5.41, 5.74) is 2.09. The van der Waals surface area contributed by atoms with Gasteiger partial charge in [0.05, 0.1) is 13.7 Å². The van der Waals surface area contributed by atoms with Crippen molar-refractivity contribution < 1.29 is 14.6 Å². The van der Waals surface area contributed by atoms with Gasteiger partial charge >= 0.3 is 0 Å². The molecule has 5 nitrogen and oxygen atoms in total. The number of hydrogen-bond donors (Lipinski definition) is 1. The zero-order valence-electron chi connectivity index (χ0n) is 14.4. The van der Waals surface area contributed by atoms with Crippen LogP contribution in [0.25, 0.3) is 11.4 Å². The van der Waals surface area contributed by atoms with Crippen LogP contribution < -0.4 is 4.74 Å². The molecule has 2 aromatic rings. The van der Waals surface area contributed by atoms with Crippen LogP contribution in [0, 0.1) is 5.92 Å². The molecule has 0 bridgehead atoms. The molecule has 1 fully saturated rings. The Morgan fingerprint density at radius 1 is 1.29 bits per heavy atom. The second kappa shape index (κ2) is 7.81. The Morgan fingerprint density at radius 3 is 2.92 bits per heavy atom. The molecule has 3 rings (SSSR count). The minimum absolute atomic E-state index is 0.279. The van der Waals surface area contributed by atoms with Crippen LogP contribution in [0.2, 0.25) is 0 Å². The smallest absolute Gasteiger partial charge is 0.140 e. The van der Waals surface area contributed by atoms with Gasteiger partial charge in [-0.3, -0.25) is 0 Å². The van der Waals surface area contributed by atoms with Gasteiger partial charge in [-0.25, -0.2) is 4.98 Å². The lowest BCUT2D eigenvalue weighted by Gasteiger charge is -2.30. The number of aliphatic hydroxyl groups is 1. The van der Waals surface area contributed by atoms with E-state index in [1.807, 2.05) is 18.3 Å². The standard InChI is InChI=1S/C19H26N2O3/c1-23-13-16-11-15(6-7-18(16)24-2)19-20-8-9-21(19)17-5-3-4-14(10-17)12-22/h6-9,11,14,17,22H,3-5,10,12-13H2,1-2H3/t14-,17+/m0/s1. The van der Waals surface area contributed by atoms with Crippen molar-refractivity contribution in [2.24, 2.45) is 5.92 Å². The summed E-state index contributed by atoms with van der Waals surface area (Å²) in [7, 11) is 3.36. The van der Waals surface area contributed by atoms with E-state index in [-0.39, 0.29) is 6.61 Å². The molecule has 0 radical (unpaired) electrons. The number of imidazole rings is 1. The summed E-state index contributed by atoms with van der Waals surface area (Å²) >= 11 is 0. The molecule has 1 aromatic carbocycles. The average Bonchev–Trinajstić information content (AvgIpc) is 3.12. The molecular formula is C19H26N2O3. The fourth-order valence-corrected chi connectivity index (χ4v) is 3.70. The van der Waals surface area contributed by atoms with Gasteiger partial charge in [0.1, 0.15) is 11.6 Å². The third-order valence-electron chi connectivity index (χ3n) is 4.91. The fraction of sp³-hybridized carbons (Fsp3) is 0.526. The van der Waals surface area contributed by atoms with E-state index in [1.54, 1.807) is 14.2 Å². The lowest BCUT2D eigenvalue weighted by molar-refractivity contribution is 0.163. The molecule has 0 aliphatic heterocycles. The van der Waals surface area contributed by atoms with Crippen LogP contribution in [0.3, 0.4) is 0 Å². The quantitative estimate of drug-likeness (QED) is 0.881. The first-order chi connectivity index (χ1) is 11.8. The predicted octanol–water partition coefficient (Wildman–Crippen LogP) is 3.43. The van der Waals surface area contributed by atoms with E-state index in [2.05, 4.69) is 21.8 Å². The molecule has 0 saturated heterocycles. The van der Waals surface area contributed by atoms with Crippen LogP contribution in [0.5, 0.6) is 5.75 Å². The van der Waals surface area contributed by atoms with Gasteiger partial charge in [-0.15, -0.1) is 0 Å². The van der Waals surface area contributed by atoms with Crippen molar-refractivity contribution in [3.8, 4) is 17.1 Å². The Hall–Kier alpha value is -1.85. The van der Waals surface area contributed by atoms with Crippen molar-refractivity contribution in [1.82, 2.24) is 9.55 Å². The monoisotopic (exact) mass is 330 g/mol. The highest BCUT2D eigenvalue weighted by Gasteiger charge is 2.24. The second-order valence-corrected chi connectivity index (χ2v) is 6.49. The highest BCUT2D eigenvalue weighted by molar-refractivity contribution is 5.59. The van der Waals surface area contributed by atoms with Gasteiger partial charge in [-0.05, 0) is 43.4 Å². The van der Waals surface area contributed by atoms with Crippen molar-refractivity contribution in [3.63, 3.8) is 0 Å². The van der Waals surface area contributed by atoms with Crippen LogP contribution in [-0.4, -0.2) is 35.5 Å². The number of rotatable bonds is 6. The van der Waals surface area contributed by atoms with Gasteiger partial charge in [0, 0.05) is 43.3 Å². The van der Waals surface area contributed by atoms with E-state index >= 15 is 0 Å². The molecule has 0 amide bonds. The highest BCUT2D eigenvalue weighted by atomic mass is 16.5. The number of aliphatic hydroxyl groups excluding tert-OH is 1. The van der Waals surface area contributed by atoms with E-state index in [4.69, 9.17) is 9.47 Å². The van der Waals surface area contributed by atoms with E-state index in [1.165, 1.54) is 0 Å². The molecule has 1 saturated carbocycles. The molecule has 0 spiro atoms. The number of methoxy groups -OCH3 is 2. The van der Waals surface area contributed by atoms with Gasteiger partial charge < -0.3 is 19.1 Å². The number of aromatic nitrogens is 2. The second-order valence-electron chi connectivity index (χ2n) is 6.49. The van der Waals surface area contributed by atoms with Crippen molar-refractivity contribution >= 4 is 0 Å². The van der Waals surface area contributed by atoms with E-state index in [0.29, 0.717) is 18.6 Å². The largest absolute Gasteiger partial charge is 0.496 e. The first-order valence-electron chi connectivity index (χ1n) is 8.56. The maximum absolute atomic E-state index is 9.49. The molecule has 2 atom stereocenters. The Kier molecular flexibility index (Phi) is 5.53. The normalized spacial score (nSPS) is 21.0. The Labute approximate surface area is 143 Å². The summed E-state index contributed by atoms with van der Waals surface area (Å²) in [5.74, 6) is 2.20. The predicted molar refractivity (Wildman–Crippen MR) is 93.0 cm³/mol. The lowest BCUT2D eigenvalue weighted by atomic mass is 9.86. The third kappa shape index (κ3) is 3.47. The topological polar surface area (TPSA) is 56.5 Å². The summed E-state index contributed by atoms with van der Waals surface area (Å²) in [5, 5.41) is 9.49. The number of ether oxygens (including phenoxy) is 2. The maximum Gasteiger partial charge on any atom is 0.140 e. The molecule has 1 N–H and O–H groups in total. The molecule has 1 heterocycles. The van der Waals surface area contributed by atoms with Crippen LogP contribution >= 0.6 is 0 Å². The molecular weight excluding hydrogens is 304 g/mol. The number of hydrogen-bond acceptors (Lipinski definition) is 4. The van der Waals surface area contributed by atoms with E-state index in [0.717, 1.165) is 48.4 Å².